The summed E-state index contributed by atoms with van der Waals surface area (Å²) in [4.78, 5) is 10.1. The highest BCUT2D eigenvalue weighted by Gasteiger charge is 2.40. The predicted octanol–water partition coefficient (Wildman–Crippen LogP) is 7.47. The second-order valence-corrected chi connectivity index (χ2v) is 11.7. The van der Waals surface area contributed by atoms with Crippen molar-refractivity contribution in [3.63, 3.8) is 0 Å². The first kappa shape index (κ1) is 24.4. The van der Waals surface area contributed by atoms with Crippen molar-refractivity contribution in [3.8, 4) is 16.3 Å². The van der Waals surface area contributed by atoms with Crippen LogP contribution in [0.2, 0.25) is 10.0 Å². The molecule has 0 N–H and O–H groups in total. The molecular formula is C25H28Cl2N4S2. The van der Waals surface area contributed by atoms with Crippen molar-refractivity contribution in [2.75, 3.05) is 7.05 Å². The van der Waals surface area contributed by atoms with Gasteiger partial charge in [-0.1, -0.05) is 56.2 Å². The zero-order valence-electron chi connectivity index (χ0n) is 19.7. The van der Waals surface area contributed by atoms with Crippen LogP contribution in [0, 0.1) is 5.92 Å². The first-order valence-electron chi connectivity index (χ1n) is 11.1. The van der Waals surface area contributed by atoms with Gasteiger partial charge in [0.15, 0.2) is 5.84 Å². The number of hydrogen-bond donors (Lipinski definition) is 0. The van der Waals surface area contributed by atoms with Crippen LogP contribution in [0.25, 0.3) is 16.3 Å². The van der Waals surface area contributed by atoms with Gasteiger partial charge in [-0.25, -0.2) is 9.67 Å². The number of benzene rings is 1. The minimum Gasteiger partial charge on any atom is -0.346 e. The number of thiocarbonyl (C=S) groups is 1. The zero-order chi connectivity index (χ0) is 24.1. The van der Waals surface area contributed by atoms with Gasteiger partial charge < -0.3 is 4.90 Å². The molecule has 2 aromatic heterocycles. The highest BCUT2D eigenvalue weighted by Crippen LogP contribution is 2.39. The normalized spacial score (nSPS) is 15.6. The molecule has 0 spiro atoms. The van der Waals surface area contributed by atoms with Crippen molar-refractivity contribution in [1.29, 1.82) is 0 Å². The smallest absolute Gasteiger partial charge is 0.158 e. The molecule has 0 aliphatic carbocycles. The minimum absolute atomic E-state index is 0.342. The Morgan fingerprint density at radius 2 is 1.88 bits per heavy atom. The van der Waals surface area contributed by atoms with Crippen molar-refractivity contribution in [1.82, 2.24) is 14.7 Å². The van der Waals surface area contributed by atoms with Crippen molar-refractivity contribution in [2.24, 2.45) is 10.9 Å². The van der Waals surface area contributed by atoms with E-state index in [2.05, 4.69) is 51.7 Å². The first-order valence-corrected chi connectivity index (χ1v) is 13.1. The van der Waals surface area contributed by atoms with Crippen LogP contribution in [0.1, 0.15) is 50.8 Å². The van der Waals surface area contributed by atoms with E-state index >= 15 is 0 Å². The van der Waals surface area contributed by atoms with Crippen molar-refractivity contribution < 1.29 is 0 Å². The summed E-state index contributed by atoms with van der Waals surface area (Å²) in [5, 5.41) is 6.23. The number of halogens is 2. The van der Waals surface area contributed by atoms with Gasteiger partial charge in [0.2, 0.25) is 0 Å². The van der Waals surface area contributed by atoms with Crippen LogP contribution < -0.4 is 0 Å². The maximum Gasteiger partial charge on any atom is 0.158 e. The Morgan fingerprint density at radius 1 is 1.15 bits per heavy atom. The molecule has 0 unspecified atom stereocenters. The van der Waals surface area contributed by atoms with Crippen LogP contribution in [0.5, 0.6) is 0 Å². The molecule has 1 aliphatic heterocycles. The lowest BCUT2D eigenvalue weighted by Gasteiger charge is -2.29. The van der Waals surface area contributed by atoms with Crippen LogP contribution in [-0.4, -0.2) is 38.1 Å². The van der Waals surface area contributed by atoms with E-state index in [1.807, 2.05) is 35.2 Å². The van der Waals surface area contributed by atoms with Gasteiger partial charge in [-0.05, 0) is 62.9 Å². The molecule has 0 fully saturated rings. The van der Waals surface area contributed by atoms with E-state index in [1.54, 1.807) is 6.07 Å². The largest absolute Gasteiger partial charge is 0.346 e. The van der Waals surface area contributed by atoms with Gasteiger partial charge in [0.05, 0.1) is 26.8 Å². The summed E-state index contributed by atoms with van der Waals surface area (Å²) < 4.78 is 1.95. The topological polar surface area (TPSA) is 33.4 Å². The third kappa shape index (κ3) is 4.39. The van der Waals surface area contributed by atoms with E-state index in [9.17, 15) is 0 Å². The Morgan fingerprint density at radius 3 is 2.45 bits per heavy atom. The number of amidine groups is 1. The Kier molecular flexibility index (Phi) is 6.76. The lowest BCUT2D eigenvalue weighted by molar-refractivity contribution is 0.363. The molecule has 0 bridgehead atoms. The highest BCUT2D eigenvalue weighted by atomic mass is 35.5. The van der Waals surface area contributed by atoms with Crippen molar-refractivity contribution in [3.05, 3.63) is 56.5 Å². The molecule has 0 saturated heterocycles. The molecule has 3 heterocycles. The number of likely N-dealkylation sites (N-methyl/N-ethyl adjacent to an activating group) is 1. The monoisotopic (exact) mass is 518 g/mol. The van der Waals surface area contributed by atoms with Gasteiger partial charge in [-0.2, -0.15) is 5.10 Å². The third-order valence-electron chi connectivity index (χ3n) is 6.08. The van der Waals surface area contributed by atoms with Crippen LogP contribution >= 0.6 is 46.8 Å². The molecule has 8 heteroatoms. The molecule has 1 aliphatic rings. The minimum atomic E-state index is -0.342. The average Bonchev–Trinajstić information content (AvgIpc) is 3.39. The van der Waals surface area contributed by atoms with E-state index in [1.165, 1.54) is 4.88 Å². The fourth-order valence-electron chi connectivity index (χ4n) is 3.99. The summed E-state index contributed by atoms with van der Waals surface area (Å²) in [7, 11) is 2.03. The van der Waals surface area contributed by atoms with Crippen LogP contribution in [0.15, 0.2) is 35.3 Å². The third-order valence-corrected chi connectivity index (χ3v) is 8.32. The molecule has 0 atom stereocenters. The second kappa shape index (κ2) is 9.14. The molecule has 33 heavy (non-hydrogen) atoms. The van der Waals surface area contributed by atoms with Gasteiger partial charge in [-0.15, -0.1) is 11.3 Å². The zero-order valence-corrected chi connectivity index (χ0v) is 22.9. The summed E-state index contributed by atoms with van der Waals surface area (Å²) in [5.74, 6) is 1.39. The molecule has 4 nitrogen and oxygen atoms in total. The first-order chi connectivity index (χ1) is 15.5. The predicted molar refractivity (Wildman–Crippen MR) is 146 cm³/mol. The van der Waals surface area contributed by atoms with E-state index < -0.39 is 0 Å². The lowest BCUT2D eigenvalue weighted by atomic mass is 10.0. The number of aliphatic imine (C=N–C) groups is 1. The highest BCUT2D eigenvalue weighted by molar-refractivity contribution is 7.80. The lowest BCUT2D eigenvalue weighted by Crippen LogP contribution is -2.44. The van der Waals surface area contributed by atoms with Crippen LogP contribution in [-0.2, 0) is 12.8 Å². The van der Waals surface area contributed by atoms with Gasteiger partial charge in [0.25, 0.3) is 0 Å². The van der Waals surface area contributed by atoms with Crippen molar-refractivity contribution in [2.45, 2.75) is 53.0 Å². The standard InChI is InChI=1S/C25H28Cl2N4S2/c1-7-17-21(23-28-24(32)25(4,5)30(23)6)29-31(19-10-8-15(26)13-18(19)27)22(17)20-11-9-16(33-20)12-14(2)3/h8-11,13-14H,7,12H2,1-6H3. The number of rotatable bonds is 6. The quantitative estimate of drug-likeness (QED) is 0.317. The van der Waals surface area contributed by atoms with Crippen molar-refractivity contribution >= 4 is 57.6 Å². The average molecular weight is 520 g/mol. The molecule has 3 aromatic rings. The van der Waals surface area contributed by atoms with E-state index in [0.29, 0.717) is 21.0 Å². The summed E-state index contributed by atoms with van der Waals surface area (Å²) >= 11 is 20.3. The summed E-state index contributed by atoms with van der Waals surface area (Å²) in [5.41, 5.74) is 3.46. The van der Waals surface area contributed by atoms with Crippen LogP contribution in [0.3, 0.4) is 0 Å². The SMILES string of the molecule is CCc1c(C2=NC(=S)C(C)(C)N2C)nn(-c2ccc(Cl)cc2Cl)c1-c1ccc(CC(C)C)s1. The number of hydrogen-bond acceptors (Lipinski definition) is 4. The Hall–Kier alpha value is -1.73. The van der Waals surface area contributed by atoms with E-state index in [4.69, 9.17) is 45.5 Å². The second-order valence-electron chi connectivity index (χ2n) is 9.26. The molecular weight excluding hydrogens is 491 g/mol. The molecule has 174 valence electrons. The fraction of sp³-hybridized carbons (Fsp3) is 0.400. The Balaban J connectivity index is 1.97. The van der Waals surface area contributed by atoms with Crippen LogP contribution in [0.4, 0.5) is 0 Å². The maximum absolute atomic E-state index is 6.66. The van der Waals surface area contributed by atoms with E-state index in [0.717, 1.165) is 46.2 Å². The summed E-state index contributed by atoms with van der Waals surface area (Å²) in [6, 6.07) is 9.93. The molecule has 0 saturated carbocycles. The summed E-state index contributed by atoms with van der Waals surface area (Å²) in [6.45, 7) is 10.8. The van der Waals surface area contributed by atoms with Gasteiger partial charge in [-0.3, -0.25) is 0 Å². The molecule has 0 radical (unpaired) electrons. The Bertz CT molecular complexity index is 1250. The number of thiophene rings is 1. The maximum atomic E-state index is 6.66. The van der Waals surface area contributed by atoms with Gasteiger partial charge in [0, 0.05) is 22.5 Å². The Labute approximate surface area is 215 Å². The number of nitrogens with zero attached hydrogens (tertiary/aromatic N) is 4. The number of aromatic nitrogens is 2. The molecule has 1 aromatic carbocycles. The van der Waals surface area contributed by atoms with E-state index in [-0.39, 0.29) is 5.54 Å². The summed E-state index contributed by atoms with van der Waals surface area (Å²) in [6.07, 6.45) is 1.85. The molecule has 0 amide bonds. The van der Waals surface area contributed by atoms with Gasteiger partial charge in [0.1, 0.15) is 10.7 Å². The van der Waals surface area contributed by atoms with Gasteiger partial charge >= 0.3 is 0 Å². The fourth-order valence-corrected chi connectivity index (χ4v) is 5.98. The molecule has 4 rings (SSSR count).